The molecule has 0 aliphatic heterocycles. The zero-order valence-corrected chi connectivity index (χ0v) is 24.1. The predicted octanol–water partition coefficient (Wildman–Crippen LogP) is 4.54. The number of carbonyl (C=O) groups is 2. The molecule has 3 aromatic heterocycles. The SMILES string of the molecule is CC(C)n1nccc1C(=O)NCC1CC2C(F)(F)C2(c2cn3ncc(CNC(=O)[C@H](C4CC4)C4CC(F)(F)C4)cc3n2)C1. The Morgan fingerprint density at radius 3 is 2.53 bits per heavy atom. The molecule has 4 aliphatic rings. The molecule has 4 fully saturated rings. The average molecular weight is 602 g/mol. The monoisotopic (exact) mass is 601 g/mol. The largest absolute Gasteiger partial charge is 0.352 e. The highest BCUT2D eigenvalue weighted by Crippen LogP contribution is 2.75. The quantitative estimate of drug-likeness (QED) is 0.332. The first kappa shape index (κ1) is 28.3. The fraction of sp³-hybridized carbons (Fsp3) is 0.633. The topological polar surface area (TPSA) is 106 Å². The van der Waals surface area contributed by atoms with Gasteiger partial charge in [0.15, 0.2) is 5.65 Å². The van der Waals surface area contributed by atoms with E-state index in [9.17, 15) is 18.4 Å². The van der Waals surface area contributed by atoms with Crippen molar-refractivity contribution < 1.29 is 27.2 Å². The maximum atomic E-state index is 15.2. The number of nitrogens with zero attached hydrogens (tertiary/aromatic N) is 5. The molecule has 3 heterocycles. The number of hydrogen-bond acceptors (Lipinski definition) is 5. The van der Waals surface area contributed by atoms with Crippen LogP contribution in [-0.2, 0) is 16.8 Å². The van der Waals surface area contributed by atoms with Gasteiger partial charge in [0.25, 0.3) is 11.8 Å². The van der Waals surface area contributed by atoms with Gasteiger partial charge < -0.3 is 10.6 Å². The van der Waals surface area contributed by atoms with Crippen molar-refractivity contribution in [1.29, 1.82) is 0 Å². The van der Waals surface area contributed by atoms with Gasteiger partial charge in [-0.05, 0) is 75.0 Å². The predicted molar refractivity (Wildman–Crippen MR) is 147 cm³/mol. The van der Waals surface area contributed by atoms with Crippen LogP contribution in [0.4, 0.5) is 17.6 Å². The fourth-order valence-corrected chi connectivity index (χ4v) is 7.64. The standard InChI is InChI=1S/C30H35F4N7O2/c1-16(2)41-21(5-6-37-41)26(42)35-12-17-7-22-29(9-17,30(22,33)34)23-15-40-24(39-23)8-18(14-38-40)13-36-27(43)25(19-3-4-19)20-10-28(31,32)11-20/h5-6,8,14-17,19-20,22,25H,3-4,7,9-13H2,1-2H3,(H,35,42)(H,36,43)/t17?,22?,25-,29?/m1/s1. The Kier molecular flexibility index (Phi) is 6.41. The molecule has 9 nitrogen and oxygen atoms in total. The van der Waals surface area contributed by atoms with Gasteiger partial charge in [-0.2, -0.15) is 10.2 Å². The van der Waals surface area contributed by atoms with Crippen molar-refractivity contribution in [2.45, 2.75) is 82.2 Å². The lowest BCUT2D eigenvalue weighted by molar-refractivity contribution is -0.147. The van der Waals surface area contributed by atoms with E-state index in [0.29, 0.717) is 16.9 Å². The summed E-state index contributed by atoms with van der Waals surface area (Å²) in [4.78, 5) is 30.2. The molecule has 0 radical (unpaired) electrons. The zero-order valence-electron chi connectivity index (χ0n) is 24.1. The zero-order chi connectivity index (χ0) is 30.3. The summed E-state index contributed by atoms with van der Waals surface area (Å²) in [5.74, 6) is -7.58. The Morgan fingerprint density at radius 2 is 1.84 bits per heavy atom. The van der Waals surface area contributed by atoms with E-state index in [2.05, 4.69) is 25.8 Å². The smallest absolute Gasteiger partial charge is 0.269 e. The maximum Gasteiger partial charge on any atom is 0.269 e. The Morgan fingerprint density at radius 1 is 1.07 bits per heavy atom. The van der Waals surface area contributed by atoms with E-state index in [1.54, 1.807) is 35.4 Å². The highest BCUT2D eigenvalue weighted by Gasteiger charge is 2.84. The lowest BCUT2D eigenvalue weighted by Crippen LogP contribution is -2.46. The number of halogens is 4. The Balaban J connectivity index is 1.01. The summed E-state index contributed by atoms with van der Waals surface area (Å²) in [5.41, 5.74) is 0.364. The molecular weight excluding hydrogens is 566 g/mol. The second-order valence-corrected chi connectivity index (χ2v) is 13.3. The van der Waals surface area contributed by atoms with Crippen LogP contribution in [0.1, 0.15) is 80.2 Å². The van der Waals surface area contributed by atoms with Crippen molar-refractivity contribution in [3.05, 3.63) is 47.7 Å². The molecular formula is C30H35F4N7O2. The van der Waals surface area contributed by atoms with E-state index >= 15 is 8.78 Å². The number of imidazole rings is 1. The number of hydrogen-bond donors (Lipinski definition) is 2. The number of fused-ring (bicyclic) bond motifs is 2. The number of alkyl halides is 4. The average Bonchev–Trinajstić information content (AvgIpc) is 3.53. The van der Waals surface area contributed by atoms with Gasteiger partial charge >= 0.3 is 0 Å². The highest BCUT2D eigenvalue weighted by molar-refractivity contribution is 5.92. The van der Waals surface area contributed by atoms with Crippen LogP contribution in [0.3, 0.4) is 0 Å². The first-order chi connectivity index (χ1) is 20.4. The van der Waals surface area contributed by atoms with Crippen molar-refractivity contribution in [3.8, 4) is 0 Å². The van der Waals surface area contributed by atoms with E-state index < -0.39 is 29.1 Å². The molecule has 0 aromatic carbocycles. The third-order valence-electron chi connectivity index (χ3n) is 10.0. The van der Waals surface area contributed by atoms with Crippen molar-refractivity contribution in [2.24, 2.45) is 29.6 Å². The normalized spacial score (nSPS) is 28.0. The van der Waals surface area contributed by atoms with Gasteiger partial charge in [-0.1, -0.05) is 0 Å². The Bertz CT molecular complexity index is 1570. The molecule has 0 spiro atoms. The second kappa shape index (κ2) is 9.75. The van der Waals surface area contributed by atoms with Gasteiger partial charge in [0.05, 0.1) is 23.5 Å². The van der Waals surface area contributed by atoms with Crippen molar-refractivity contribution in [3.63, 3.8) is 0 Å². The van der Waals surface area contributed by atoms with Crippen LogP contribution >= 0.6 is 0 Å². The number of carbonyl (C=O) groups excluding carboxylic acids is 2. The van der Waals surface area contributed by atoms with E-state index in [4.69, 9.17) is 0 Å². The van der Waals surface area contributed by atoms with Crippen molar-refractivity contribution in [2.75, 3.05) is 6.54 Å². The Labute approximate surface area is 245 Å². The molecule has 13 heteroatoms. The highest BCUT2D eigenvalue weighted by atomic mass is 19.3. The van der Waals surface area contributed by atoms with Gasteiger partial charge in [0.2, 0.25) is 11.8 Å². The first-order valence-electron chi connectivity index (χ1n) is 15.1. The van der Waals surface area contributed by atoms with E-state index in [1.807, 2.05) is 13.8 Å². The fourth-order valence-electron chi connectivity index (χ4n) is 7.64. The molecule has 7 rings (SSSR count). The number of nitrogens with one attached hydrogen (secondary N) is 2. The van der Waals surface area contributed by atoms with Gasteiger partial charge in [-0.15, -0.1) is 0 Å². The third-order valence-corrected chi connectivity index (χ3v) is 10.0. The van der Waals surface area contributed by atoms with Gasteiger partial charge in [0, 0.05) is 50.0 Å². The van der Waals surface area contributed by atoms with Crippen LogP contribution in [0.25, 0.3) is 5.65 Å². The number of amides is 2. The summed E-state index contributed by atoms with van der Waals surface area (Å²) in [5, 5.41) is 14.3. The lowest BCUT2D eigenvalue weighted by Gasteiger charge is -2.39. The molecule has 4 aliphatic carbocycles. The summed E-state index contributed by atoms with van der Waals surface area (Å²) in [6, 6.07) is 3.36. The summed E-state index contributed by atoms with van der Waals surface area (Å²) >= 11 is 0. The maximum absolute atomic E-state index is 15.2. The minimum absolute atomic E-state index is 0.0140. The molecule has 230 valence electrons. The summed E-state index contributed by atoms with van der Waals surface area (Å²) in [6.07, 6.45) is 6.44. The van der Waals surface area contributed by atoms with E-state index in [-0.39, 0.29) is 80.1 Å². The molecule has 2 N–H and O–H groups in total. The molecule has 43 heavy (non-hydrogen) atoms. The minimum Gasteiger partial charge on any atom is -0.352 e. The van der Waals surface area contributed by atoms with Crippen molar-refractivity contribution in [1.82, 2.24) is 35.0 Å². The van der Waals surface area contributed by atoms with Crippen LogP contribution in [0.5, 0.6) is 0 Å². The molecule has 2 amide bonds. The van der Waals surface area contributed by atoms with Gasteiger partial charge in [-0.25, -0.2) is 27.1 Å². The van der Waals surface area contributed by atoms with E-state index in [1.165, 1.54) is 4.52 Å². The first-order valence-corrected chi connectivity index (χ1v) is 15.1. The molecule has 3 aromatic rings. The molecule has 3 unspecified atom stereocenters. The molecule has 0 saturated heterocycles. The molecule has 4 saturated carbocycles. The van der Waals surface area contributed by atoms with Crippen LogP contribution in [0, 0.1) is 29.6 Å². The third kappa shape index (κ3) is 4.69. The number of rotatable bonds is 10. The number of aromatic nitrogens is 5. The molecule has 0 bridgehead atoms. The van der Waals surface area contributed by atoms with Gasteiger partial charge in [0.1, 0.15) is 5.69 Å². The van der Waals surface area contributed by atoms with Crippen LogP contribution < -0.4 is 10.6 Å². The van der Waals surface area contributed by atoms with Crippen LogP contribution in [-0.4, -0.2) is 54.6 Å². The minimum atomic E-state index is -2.89. The second-order valence-electron chi connectivity index (χ2n) is 13.3. The Hall–Kier alpha value is -3.51. The lowest BCUT2D eigenvalue weighted by atomic mass is 9.71. The van der Waals surface area contributed by atoms with E-state index in [0.717, 1.165) is 12.8 Å². The van der Waals surface area contributed by atoms with Crippen LogP contribution in [0.15, 0.2) is 30.7 Å². The summed E-state index contributed by atoms with van der Waals surface area (Å²) in [7, 11) is 0. The van der Waals surface area contributed by atoms with Crippen LogP contribution in [0.2, 0.25) is 0 Å². The summed E-state index contributed by atoms with van der Waals surface area (Å²) in [6.45, 7) is 4.29. The summed E-state index contributed by atoms with van der Waals surface area (Å²) < 4.78 is 60.3. The van der Waals surface area contributed by atoms with Crippen molar-refractivity contribution >= 4 is 17.5 Å². The van der Waals surface area contributed by atoms with Gasteiger partial charge in [-0.3, -0.25) is 14.3 Å². The molecule has 4 atom stereocenters.